The van der Waals surface area contributed by atoms with Crippen LogP contribution in [-0.4, -0.2) is 13.1 Å². The number of methoxy groups -OCH3 is 1. The molecule has 1 aromatic carbocycles. The maximum Gasteiger partial charge on any atom is 0.316 e. The summed E-state index contributed by atoms with van der Waals surface area (Å²) in [6, 6.07) is 8.15. The zero-order chi connectivity index (χ0) is 16.5. The SMILES string of the molecule is COc1ccc([C@@H]2C[C@@H]2C(OC(=O)C(C)(C)C)=C(C)C)cc1. The molecule has 0 bridgehead atoms. The van der Waals surface area contributed by atoms with Gasteiger partial charge in [0, 0.05) is 5.92 Å². The average Bonchev–Trinajstić information content (AvgIpc) is 3.23. The predicted octanol–water partition coefficient (Wildman–Crippen LogP) is 4.68. The maximum atomic E-state index is 12.2. The van der Waals surface area contributed by atoms with Gasteiger partial charge in [0.1, 0.15) is 11.5 Å². The molecule has 1 saturated carbocycles. The first-order valence-corrected chi connectivity index (χ1v) is 7.77. The summed E-state index contributed by atoms with van der Waals surface area (Å²) in [5.74, 6) is 2.29. The van der Waals surface area contributed by atoms with E-state index in [9.17, 15) is 4.79 Å². The number of hydrogen-bond donors (Lipinski definition) is 0. The largest absolute Gasteiger partial charge is 0.497 e. The Morgan fingerprint density at radius 1 is 1.14 bits per heavy atom. The summed E-state index contributed by atoms with van der Waals surface area (Å²) in [5, 5.41) is 0. The maximum absolute atomic E-state index is 12.2. The molecule has 22 heavy (non-hydrogen) atoms. The van der Waals surface area contributed by atoms with E-state index in [0.717, 1.165) is 23.5 Å². The lowest BCUT2D eigenvalue weighted by atomic mass is 9.97. The zero-order valence-corrected chi connectivity index (χ0v) is 14.4. The molecule has 1 aliphatic carbocycles. The summed E-state index contributed by atoms with van der Waals surface area (Å²) >= 11 is 0. The van der Waals surface area contributed by atoms with Crippen LogP contribution in [0, 0.1) is 11.3 Å². The summed E-state index contributed by atoms with van der Waals surface area (Å²) in [6.45, 7) is 9.66. The fraction of sp³-hybridized carbons (Fsp3) is 0.526. The number of ether oxygens (including phenoxy) is 2. The van der Waals surface area contributed by atoms with Crippen molar-refractivity contribution >= 4 is 5.97 Å². The van der Waals surface area contributed by atoms with Crippen LogP contribution in [0.25, 0.3) is 0 Å². The molecule has 0 N–H and O–H groups in total. The van der Waals surface area contributed by atoms with Gasteiger partial charge in [0.05, 0.1) is 12.5 Å². The van der Waals surface area contributed by atoms with Crippen molar-refractivity contribution < 1.29 is 14.3 Å². The number of allylic oxidation sites excluding steroid dienone is 2. The monoisotopic (exact) mass is 302 g/mol. The van der Waals surface area contributed by atoms with Crippen molar-refractivity contribution in [2.75, 3.05) is 7.11 Å². The lowest BCUT2D eigenvalue weighted by molar-refractivity contribution is -0.149. The second-order valence-corrected chi connectivity index (χ2v) is 7.23. The van der Waals surface area contributed by atoms with E-state index >= 15 is 0 Å². The van der Waals surface area contributed by atoms with Crippen LogP contribution in [0.15, 0.2) is 35.6 Å². The van der Waals surface area contributed by atoms with Crippen molar-refractivity contribution in [1.82, 2.24) is 0 Å². The molecule has 3 heteroatoms. The van der Waals surface area contributed by atoms with E-state index in [1.165, 1.54) is 5.56 Å². The van der Waals surface area contributed by atoms with E-state index in [0.29, 0.717) is 11.8 Å². The van der Waals surface area contributed by atoms with Crippen molar-refractivity contribution in [3.8, 4) is 5.75 Å². The van der Waals surface area contributed by atoms with Crippen LogP contribution < -0.4 is 4.74 Å². The Morgan fingerprint density at radius 3 is 2.18 bits per heavy atom. The second-order valence-electron chi connectivity index (χ2n) is 7.23. The van der Waals surface area contributed by atoms with Crippen molar-refractivity contribution in [2.45, 2.75) is 47.0 Å². The molecule has 0 saturated heterocycles. The van der Waals surface area contributed by atoms with Crippen molar-refractivity contribution in [2.24, 2.45) is 11.3 Å². The number of carbonyl (C=O) groups excluding carboxylic acids is 1. The lowest BCUT2D eigenvalue weighted by Crippen LogP contribution is -2.23. The molecule has 0 spiro atoms. The molecule has 1 aliphatic rings. The van der Waals surface area contributed by atoms with Crippen LogP contribution in [-0.2, 0) is 9.53 Å². The summed E-state index contributed by atoms with van der Waals surface area (Å²) in [6.07, 6.45) is 1.03. The molecular formula is C19H26O3. The van der Waals surface area contributed by atoms with Crippen LogP contribution in [0.5, 0.6) is 5.75 Å². The highest BCUT2D eigenvalue weighted by atomic mass is 16.5. The van der Waals surface area contributed by atoms with E-state index < -0.39 is 5.41 Å². The standard InChI is InChI=1S/C19H26O3/c1-12(2)17(22-18(20)19(3,4)5)16-11-15(16)13-7-9-14(21-6)10-8-13/h7-10,15-16H,11H2,1-6H3/t15-,16-/m0/s1. The van der Waals surface area contributed by atoms with Gasteiger partial charge in [0.25, 0.3) is 0 Å². The highest BCUT2D eigenvalue weighted by Crippen LogP contribution is 2.53. The van der Waals surface area contributed by atoms with Crippen LogP contribution in [0.3, 0.4) is 0 Å². The third kappa shape index (κ3) is 3.70. The van der Waals surface area contributed by atoms with Gasteiger partial charge in [-0.2, -0.15) is 0 Å². The minimum Gasteiger partial charge on any atom is -0.497 e. The van der Waals surface area contributed by atoms with Gasteiger partial charge in [0.2, 0.25) is 0 Å². The Hall–Kier alpha value is -1.77. The third-order valence-corrected chi connectivity index (χ3v) is 3.98. The molecule has 1 fully saturated rings. The summed E-state index contributed by atoms with van der Waals surface area (Å²) in [7, 11) is 1.67. The van der Waals surface area contributed by atoms with E-state index in [1.54, 1.807) is 7.11 Å². The molecule has 0 radical (unpaired) electrons. The van der Waals surface area contributed by atoms with Gasteiger partial charge in [-0.25, -0.2) is 0 Å². The first kappa shape index (κ1) is 16.6. The van der Waals surface area contributed by atoms with E-state index in [-0.39, 0.29) is 5.97 Å². The van der Waals surface area contributed by atoms with Crippen LogP contribution in [0.2, 0.25) is 0 Å². The van der Waals surface area contributed by atoms with E-state index in [4.69, 9.17) is 9.47 Å². The van der Waals surface area contributed by atoms with Gasteiger partial charge in [-0.3, -0.25) is 4.79 Å². The number of carbonyl (C=O) groups is 1. The highest BCUT2D eigenvalue weighted by Gasteiger charge is 2.44. The van der Waals surface area contributed by atoms with Gasteiger partial charge < -0.3 is 9.47 Å². The van der Waals surface area contributed by atoms with Crippen LogP contribution in [0.1, 0.15) is 52.5 Å². The van der Waals surface area contributed by atoms with E-state index in [1.807, 2.05) is 46.8 Å². The quantitative estimate of drug-likeness (QED) is 0.598. The first-order chi connectivity index (χ1) is 10.2. The Kier molecular flexibility index (Phi) is 4.64. The topological polar surface area (TPSA) is 35.5 Å². The van der Waals surface area contributed by atoms with Gasteiger partial charge in [0.15, 0.2) is 0 Å². The van der Waals surface area contributed by atoms with Gasteiger partial charge in [-0.05, 0) is 70.2 Å². The van der Waals surface area contributed by atoms with Gasteiger partial charge in [-0.1, -0.05) is 12.1 Å². The van der Waals surface area contributed by atoms with Gasteiger partial charge >= 0.3 is 5.97 Å². The zero-order valence-electron chi connectivity index (χ0n) is 14.4. The molecule has 0 unspecified atom stereocenters. The number of rotatable bonds is 4. The number of hydrogen-bond acceptors (Lipinski definition) is 3. The fourth-order valence-electron chi connectivity index (χ4n) is 2.51. The number of esters is 1. The lowest BCUT2D eigenvalue weighted by Gasteiger charge is -2.19. The Balaban J connectivity index is 2.10. The summed E-state index contributed by atoms with van der Waals surface area (Å²) in [5.41, 5.74) is 1.88. The number of benzene rings is 1. The predicted molar refractivity (Wildman–Crippen MR) is 87.8 cm³/mol. The Bertz CT molecular complexity index is 572. The molecule has 120 valence electrons. The highest BCUT2D eigenvalue weighted by molar-refractivity contribution is 5.76. The third-order valence-electron chi connectivity index (χ3n) is 3.98. The fourth-order valence-corrected chi connectivity index (χ4v) is 2.51. The molecule has 1 aromatic rings. The molecular weight excluding hydrogens is 276 g/mol. The summed E-state index contributed by atoms with van der Waals surface area (Å²) < 4.78 is 10.9. The van der Waals surface area contributed by atoms with E-state index in [2.05, 4.69) is 12.1 Å². The Labute approximate surface area is 133 Å². The molecule has 0 amide bonds. The van der Waals surface area contributed by atoms with Crippen molar-refractivity contribution in [3.05, 3.63) is 41.2 Å². The average molecular weight is 302 g/mol. The first-order valence-electron chi connectivity index (χ1n) is 7.77. The van der Waals surface area contributed by atoms with Crippen molar-refractivity contribution in [3.63, 3.8) is 0 Å². The smallest absolute Gasteiger partial charge is 0.316 e. The van der Waals surface area contributed by atoms with Crippen molar-refractivity contribution in [1.29, 1.82) is 0 Å². The Morgan fingerprint density at radius 2 is 1.73 bits per heavy atom. The van der Waals surface area contributed by atoms with Crippen LogP contribution >= 0.6 is 0 Å². The van der Waals surface area contributed by atoms with Crippen LogP contribution in [0.4, 0.5) is 0 Å². The second kappa shape index (κ2) is 6.15. The molecule has 0 heterocycles. The van der Waals surface area contributed by atoms with Gasteiger partial charge in [-0.15, -0.1) is 0 Å². The normalized spacial score (nSPS) is 20.3. The molecule has 0 aromatic heterocycles. The molecule has 0 aliphatic heterocycles. The molecule has 2 rings (SSSR count). The molecule has 3 nitrogen and oxygen atoms in total. The minimum atomic E-state index is -0.481. The molecule has 2 atom stereocenters. The summed E-state index contributed by atoms with van der Waals surface area (Å²) in [4.78, 5) is 12.2. The minimum absolute atomic E-state index is 0.163.